The van der Waals surface area contributed by atoms with Gasteiger partial charge in [-0.25, -0.2) is 9.59 Å². The number of amides is 1. The van der Waals surface area contributed by atoms with E-state index in [1.165, 1.54) is 6.92 Å². The molecule has 7 heteroatoms. The second kappa shape index (κ2) is 10.7. The molecule has 0 aromatic heterocycles. The van der Waals surface area contributed by atoms with Crippen LogP contribution in [0.5, 0.6) is 0 Å². The minimum Gasteiger partial charge on any atom is -0.463 e. The highest BCUT2D eigenvalue weighted by atomic mass is 32.2. The molecule has 1 N–H and O–H groups in total. The van der Waals surface area contributed by atoms with E-state index >= 15 is 0 Å². The molecule has 0 saturated carbocycles. The first-order valence-corrected chi connectivity index (χ1v) is 8.67. The van der Waals surface area contributed by atoms with E-state index in [0.717, 1.165) is 22.9 Å². The Kier molecular flexibility index (Phi) is 8.93. The third kappa shape index (κ3) is 8.01. The fourth-order valence-corrected chi connectivity index (χ4v) is 2.65. The van der Waals surface area contributed by atoms with Crippen molar-refractivity contribution in [2.45, 2.75) is 33.2 Å². The average molecular weight is 353 g/mol. The Bertz CT molecular complexity index is 576. The minimum atomic E-state index is -0.703. The van der Waals surface area contributed by atoms with Gasteiger partial charge in [0.1, 0.15) is 0 Å². The molecule has 1 rings (SSSR count). The van der Waals surface area contributed by atoms with Crippen molar-refractivity contribution in [2.24, 2.45) is 0 Å². The predicted molar refractivity (Wildman–Crippen MR) is 92.9 cm³/mol. The van der Waals surface area contributed by atoms with Gasteiger partial charge in [-0.3, -0.25) is 4.79 Å². The van der Waals surface area contributed by atoms with Gasteiger partial charge in [0.05, 0.1) is 6.61 Å². The Morgan fingerprint density at radius 3 is 2.54 bits per heavy atom. The smallest absolute Gasteiger partial charge is 0.407 e. The molecule has 0 spiro atoms. The van der Waals surface area contributed by atoms with E-state index in [2.05, 4.69) is 5.32 Å². The van der Waals surface area contributed by atoms with Crippen molar-refractivity contribution in [1.82, 2.24) is 5.32 Å². The largest absolute Gasteiger partial charge is 0.463 e. The third-order valence-corrected chi connectivity index (χ3v) is 4.14. The summed E-state index contributed by atoms with van der Waals surface area (Å²) in [5.74, 6) is -0.167. The highest BCUT2D eigenvalue weighted by Crippen LogP contribution is 2.13. The van der Waals surface area contributed by atoms with Crippen LogP contribution < -0.4 is 5.32 Å². The first kappa shape index (κ1) is 20.0. The van der Waals surface area contributed by atoms with Gasteiger partial charge in [-0.1, -0.05) is 36.0 Å². The van der Waals surface area contributed by atoms with Gasteiger partial charge in [-0.05, 0) is 31.4 Å². The van der Waals surface area contributed by atoms with Crippen molar-refractivity contribution >= 4 is 28.9 Å². The summed E-state index contributed by atoms with van der Waals surface area (Å²) in [7, 11) is 0. The summed E-state index contributed by atoms with van der Waals surface area (Å²) in [6.07, 6.45) is -0.132. The van der Waals surface area contributed by atoms with Crippen LogP contribution in [-0.2, 0) is 25.5 Å². The van der Waals surface area contributed by atoms with Crippen molar-refractivity contribution in [3.63, 3.8) is 0 Å². The molecule has 0 fully saturated rings. The number of alkyl carbamates (subject to hydrolysis) is 1. The van der Waals surface area contributed by atoms with Crippen LogP contribution in [0.2, 0.25) is 0 Å². The number of hydrogen-bond donors (Lipinski definition) is 1. The molecule has 0 heterocycles. The van der Waals surface area contributed by atoms with Crippen LogP contribution in [0.1, 0.15) is 25.0 Å². The van der Waals surface area contributed by atoms with Gasteiger partial charge in [0.2, 0.25) is 0 Å². The zero-order chi connectivity index (χ0) is 17.9. The number of carbonyl (C=O) groups is 3. The zero-order valence-corrected chi connectivity index (χ0v) is 15.0. The number of aryl methyl sites for hydroxylation is 1. The molecule has 0 aliphatic carbocycles. The molecule has 132 valence electrons. The highest BCUT2D eigenvalue weighted by molar-refractivity contribution is 8.13. The molecule has 1 aromatic carbocycles. The highest BCUT2D eigenvalue weighted by Gasteiger charge is 2.17. The summed E-state index contributed by atoms with van der Waals surface area (Å²) < 4.78 is 9.54. The van der Waals surface area contributed by atoms with Gasteiger partial charge >= 0.3 is 12.1 Å². The minimum absolute atomic E-state index is 0.0218. The molecule has 0 radical (unpaired) electrons. The van der Waals surface area contributed by atoms with Gasteiger partial charge in [-0.15, -0.1) is 0 Å². The molecule has 0 saturated heterocycles. The number of carbonyl (C=O) groups excluding carboxylic acids is 3. The number of nitrogens with one attached hydrogen (secondary N) is 1. The molecule has 0 aliphatic rings. The average Bonchev–Trinajstić information content (AvgIpc) is 2.53. The summed E-state index contributed by atoms with van der Waals surface area (Å²) in [4.78, 5) is 34.3. The lowest BCUT2D eigenvalue weighted by molar-refractivity contribution is -0.146. The Morgan fingerprint density at radius 1 is 1.21 bits per heavy atom. The Hall–Kier alpha value is -2.02. The maximum Gasteiger partial charge on any atom is 0.407 e. The van der Waals surface area contributed by atoms with Crippen molar-refractivity contribution in [2.75, 3.05) is 19.0 Å². The Labute approximate surface area is 146 Å². The molecule has 24 heavy (non-hydrogen) atoms. The normalized spacial score (nSPS) is 11.5. The molecular formula is C17H23NO5S. The second-order valence-electron chi connectivity index (χ2n) is 5.16. The number of rotatable bonds is 8. The fourth-order valence-electron chi connectivity index (χ4n) is 2.01. The molecule has 1 amide bonds. The topological polar surface area (TPSA) is 81.7 Å². The van der Waals surface area contributed by atoms with Gasteiger partial charge in [-0.2, -0.15) is 0 Å². The number of ether oxygens (including phenoxy) is 2. The zero-order valence-electron chi connectivity index (χ0n) is 14.2. The van der Waals surface area contributed by atoms with Gasteiger partial charge in [0.25, 0.3) is 0 Å². The maximum atomic E-state index is 11.8. The van der Waals surface area contributed by atoms with E-state index in [-0.39, 0.29) is 17.8 Å². The molecule has 1 unspecified atom stereocenters. The maximum absolute atomic E-state index is 11.8. The lowest BCUT2D eigenvalue weighted by Crippen LogP contribution is -2.39. The number of benzene rings is 1. The summed E-state index contributed by atoms with van der Waals surface area (Å²) >= 11 is 1.14. The molecular weight excluding hydrogens is 330 g/mol. The van der Waals surface area contributed by atoms with E-state index in [0.29, 0.717) is 12.2 Å². The Morgan fingerprint density at radius 2 is 1.92 bits per heavy atom. The predicted octanol–water partition coefficient (Wildman–Crippen LogP) is 2.48. The summed E-state index contributed by atoms with van der Waals surface area (Å²) in [6, 6.07) is 7.56. The van der Waals surface area contributed by atoms with E-state index in [4.69, 9.17) is 9.47 Å². The van der Waals surface area contributed by atoms with Crippen LogP contribution in [0.3, 0.4) is 0 Å². The molecule has 1 atom stereocenters. The van der Waals surface area contributed by atoms with E-state index in [1.54, 1.807) is 6.92 Å². The number of esters is 1. The van der Waals surface area contributed by atoms with Crippen LogP contribution in [-0.4, -0.2) is 42.2 Å². The fraction of sp³-hybridized carbons (Fsp3) is 0.471. The molecule has 0 bridgehead atoms. The third-order valence-electron chi connectivity index (χ3n) is 3.16. The standard InChI is InChI=1S/C17H23NO5S/c1-4-22-16(20)10-23-17(21)18-15(11-24-13(3)19)9-14-8-6-5-7-12(14)2/h5-8,15H,4,9-11H2,1-3H3,(H,18,21). The van der Waals surface area contributed by atoms with Crippen molar-refractivity contribution in [3.8, 4) is 0 Å². The van der Waals surface area contributed by atoms with Crippen LogP contribution in [0.4, 0.5) is 4.79 Å². The number of thioether (sulfide) groups is 1. The SMILES string of the molecule is CCOC(=O)COC(=O)NC(CSC(C)=O)Cc1ccccc1C. The Balaban J connectivity index is 2.61. The van der Waals surface area contributed by atoms with Crippen molar-refractivity contribution in [1.29, 1.82) is 0 Å². The molecule has 0 aliphatic heterocycles. The van der Waals surface area contributed by atoms with Crippen LogP contribution in [0.25, 0.3) is 0 Å². The van der Waals surface area contributed by atoms with E-state index in [1.807, 2.05) is 31.2 Å². The first-order valence-electron chi connectivity index (χ1n) is 7.69. The van der Waals surface area contributed by atoms with E-state index in [9.17, 15) is 14.4 Å². The van der Waals surface area contributed by atoms with Crippen LogP contribution in [0.15, 0.2) is 24.3 Å². The summed E-state index contributed by atoms with van der Waals surface area (Å²) in [5, 5.41) is 2.68. The van der Waals surface area contributed by atoms with Crippen molar-refractivity contribution in [3.05, 3.63) is 35.4 Å². The van der Waals surface area contributed by atoms with Crippen molar-refractivity contribution < 1.29 is 23.9 Å². The molecule has 1 aromatic rings. The van der Waals surface area contributed by atoms with Gasteiger partial charge in [0.15, 0.2) is 11.7 Å². The monoisotopic (exact) mass is 353 g/mol. The summed E-state index contributed by atoms with van der Waals surface area (Å²) in [6.45, 7) is 4.94. The van der Waals surface area contributed by atoms with Gasteiger partial charge < -0.3 is 14.8 Å². The molecule has 6 nitrogen and oxygen atoms in total. The second-order valence-corrected chi connectivity index (χ2v) is 6.35. The quantitative estimate of drug-likeness (QED) is 0.723. The lowest BCUT2D eigenvalue weighted by Gasteiger charge is -2.18. The number of hydrogen-bond acceptors (Lipinski definition) is 6. The van der Waals surface area contributed by atoms with Crippen LogP contribution >= 0.6 is 11.8 Å². The first-order chi connectivity index (χ1) is 11.4. The van der Waals surface area contributed by atoms with Crippen LogP contribution in [0, 0.1) is 6.92 Å². The lowest BCUT2D eigenvalue weighted by atomic mass is 10.0. The summed E-state index contributed by atoms with van der Waals surface area (Å²) in [5.41, 5.74) is 2.19. The van der Waals surface area contributed by atoms with Gasteiger partial charge in [0, 0.05) is 18.7 Å². The van der Waals surface area contributed by atoms with E-state index < -0.39 is 18.7 Å².